The third-order valence-electron chi connectivity index (χ3n) is 4.92. The first-order valence-corrected chi connectivity index (χ1v) is 9.76. The molecule has 0 radical (unpaired) electrons. The van der Waals surface area contributed by atoms with Gasteiger partial charge in [-0.25, -0.2) is 0 Å². The summed E-state index contributed by atoms with van der Waals surface area (Å²) in [6.45, 7) is 4.46. The Morgan fingerprint density at radius 3 is 2.62 bits per heavy atom. The number of carbonyl (C=O) groups excluding carboxylic acids is 2. The van der Waals surface area contributed by atoms with E-state index < -0.39 is 6.04 Å². The van der Waals surface area contributed by atoms with Crippen LogP contribution in [0.4, 0.5) is 0 Å². The topological polar surface area (TPSA) is 49.4 Å². The molecule has 0 bridgehead atoms. The normalized spacial score (nSPS) is 22.9. The molecule has 6 heteroatoms. The molecule has 2 aromatic rings. The Morgan fingerprint density at radius 2 is 1.88 bits per heavy atom. The van der Waals surface area contributed by atoms with E-state index >= 15 is 0 Å². The third kappa shape index (κ3) is 2.79. The zero-order chi connectivity index (χ0) is 18.5. The van der Waals surface area contributed by atoms with E-state index in [1.165, 1.54) is 0 Å². The highest BCUT2D eigenvalue weighted by Crippen LogP contribution is 2.56. The van der Waals surface area contributed by atoms with Crippen LogP contribution in [-0.2, 0) is 11.3 Å². The van der Waals surface area contributed by atoms with Gasteiger partial charge < -0.3 is 10.2 Å². The van der Waals surface area contributed by atoms with E-state index in [1.807, 2.05) is 50.2 Å². The molecule has 2 amide bonds. The summed E-state index contributed by atoms with van der Waals surface area (Å²) in [5.74, 6) is -0.184. The number of halogens is 1. The van der Waals surface area contributed by atoms with Crippen molar-refractivity contribution in [2.45, 2.75) is 36.6 Å². The Hall–Kier alpha value is -1.98. The number of nitrogens with one attached hydrogen (secondary N) is 1. The molecule has 4 rings (SSSR count). The summed E-state index contributed by atoms with van der Waals surface area (Å²) in [6, 6.07) is 14.5. The second-order valence-corrected chi connectivity index (χ2v) is 9.29. The molecule has 2 heterocycles. The summed E-state index contributed by atoms with van der Waals surface area (Å²) in [5, 5.41) is 3.55. The van der Waals surface area contributed by atoms with Crippen molar-refractivity contribution in [1.29, 1.82) is 0 Å². The number of rotatable bonds is 3. The molecule has 4 nitrogen and oxygen atoms in total. The number of hydrogen-bond acceptors (Lipinski definition) is 3. The fraction of sp³-hybridized carbons (Fsp3) is 0.300. The van der Waals surface area contributed by atoms with Gasteiger partial charge in [0, 0.05) is 21.9 Å². The van der Waals surface area contributed by atoms with Gasteiger partial charge in [0.25, 0.3) is 5.91 Å². The van der Waals surface area contributed by atoms with Gasteiger partial charge in [0.1, 0.15) is 11.4 Å². The zero-order valence-corrected chi connectivity index (χ0v) is 16.1. The summed E-state index contributed by atoms with van der Waals surface area (Å²) in [5.41, 5.74) is 2.68. The highest BCUT2D eigenvalue weighted by molar-refractivity contribution is 8.01. The van der Waals surface area contributed by atoms with Gasteiger partial charge in [0.2, 0.25) is 5.91 Å². The molecule has 2 atom stereocenters. The molecule has 0 spiro atoms. The van der Waals surface area contributed by atoms with Crippen molar-refractivity contribution < 1.29 is 9.59 Å². The number of thioether (sulfide) groups is 1. The lowest BCUT2D eigenvalue weighted by Gasteiger charge is -2.29. The molecule has 1 N–H and O–H groups in total. The van der Waals surface area contributed by atoms with E-state index in [2.05, 4.69) is 5.32 Å². The zero-order valence-electron chi connectivity index (χ0n) is 14.5. The Bertz CT molecular complexity index is 882. The number of benzene rings is 2. The van der Waals surface area contributed by atoms with Crippen LogP contribution >= 0.6 is 23.4 Å². The molecule has 0 saturated carbocycles. The van der Waals surface area contributed by atoms with Crippen molar-refractivity contribution in [1.82, 2.24) is 10.2 Å². The molecule has 2 aliphatic heterocycles. The Morgan fingerprint density at radius 1 is 1.19 bits per heavy atom. The molecule has 2 aromatic carbocycles. The molecule has 2 aliphatic rings. The number of amides is 2. The lowest BCUT2D eigenvalue weighted by molar-refractivity contribution is -0.126. The predicted octanol–water partition coefficient (Wildman–Crippen LogP) is 4.00. The first-order valence-electron chi connectivity index (χ1n) is 8.50. The van der Waals surface area contributed by atoms with Gasteiger partial charge in [-0.1, -0.05) is 41.9 Å². The Kier molecular flexibility index (Phi) is 4.24. The maximum atomic E-state index is 13.0. The number of hydrogen-bond donors (Lipinski definition) is 1. The first kappa shape index (κ1) is 17.4. The Labute approximate surface area is 161 Å². The molecule has 1 fully saturated rings. The highest BCUT2D eigenvalue weighted by Gasteiger charge is 2.57. The van der Waals surface area contributed by atoms with Crippen LogP contribution in [0.2, 0.25) is 5.02 Å². The van der Waals surface area contributed by atoms with Crippen LogP contribution in [0.25, 0.3) is 0 Å². The average molecular weight is 387 g/mol. The summed E-state index contributed by atoms with van der Waals surface area (Å²) >= 11 is 7.57. The minimum Gasteiger partial charge on any atom is -0.350 e. The van der Waals surface area contributed by atoms with E-state index in [0.29, 0.717) is 17.1 Å². The Balaban J connectivity index is 1.56. The van der Waals surface area contributed by atoms with Crippen LogP contribution in [0.5, 0.6) is 0 Å². The van der Waals surface area contributed by atoms with Crippen LogP contribution in [0.1, 0.15) is 40.7 Å². The van der Waals surface area contributed by atoms with Crippen LogP contribution in [0.15, 0.2) is 48.5 Å². The van der Waals surface area contributed by atoms with Crippen molar-refractivity contribution in [2.75, 3.05) is 0 Å². The van der Waals surface area contributed by atoms with Crippen molar-refractivity contribution >= 4 is 35.2 Å². The first-order chi connectivity index (χ1) is 12.4. The molecule has 134 valence electrons. The summed E-state index contributed by atoms with van der Waals surface area (Å²) in [4.78, 5) is 27.6. The SMILES string of the molecule is CC1(C)S[C@@H]2c3ccccc3C(=O)N2[C@@H]1C(=O)NCc1ccc(Cl)cc1. The van der Waals surface area contributed by atoms with Crippen molar-refractivity contribution in [3.8, 4) is 0 Å². The number of fused-ring (bicyclic) bond motifs is 3. The smallest absolute Gasteiger partial charge is 0.256 e. The molecular formula is C20H19ClN2O2S. The molecular weight excluding hydrogens is 368 g/mol. The second kappa shape index (κ2) is 6.32. The molecule has 0 aromatic heterocycles. The van der Waals surface area contributed by atoms with Crippen LogP contribution in [-0.4, -0.2) is 27.5 Å². The van der Waals surface area contributed by atoms with Gasteiger partial charge in [-0.2, -0.15) is 0 Å². The number of carbonyl (C=O) groups is 2. The summed E-state index contributed by atoms with van der Waals surface area (Å²) in [6.07, 6.45) is 0. The summed E-state index contributed by atoms with van der Waals surface area (Å²) in [7, 11) is 0. The molecule has 0 aliphatic carbocycles. The minimum atomic E-state index is -0.510. The van der Waals surface area contributed by atoms with E-state index in [0.717, 1.165) is 11.1 Å². The van der Waals surface area contributed by atoms with Crippen LogP contribution in [0.3, 0.4) is 0 Å². The second-order valence-electron chi connectivity index (χ2n) is 7.12. The number of nitrogens with zero attached hydrogens (tertiary/aromatic N) is 1. The lowest BCUT2D eigenvalue weighted by Crippen LogP contribution is -2.52. The maximum Gasteiger partial charge on any atom is 0.256 e. The molecule has 1 saturated heterocycles. The van der Waals surface area contributed by atoms with E-state index in [4.69, 9.17) is 11.6 Å². The van der Waals surface area contributed by atoms with E-state index in [9.17, 15) is 9.59 Å². The summed E-state index contributed by atoms with van der Waals surface area (Å²) < 4.78 is -0.363. The largest absolute Gasteiger partial charge is 0.350 e. The van der Waals surface area contributed by atoms with Gasteiger partial charge in [-0.15, -0.1) is 11.8 Å². The molecule has 0 unspecified atom stereocenters. The maximum absolute atomic E-state index is 13.0. The van der Waals surface area contributed by atoms with E-state index in [1.54, 1.807) is 28.8 Å². The van der Waals surface area contributed by atoms with Crippen molar-refractivity contribution in [3.05, 3.63) is 70.2 Å². The quantitative estimate of drug-likeness (QED) is 0.867. The molecule has 26 heavy (non-hydrogen) atoms. The van der Waals surface area contributed by atoms with Gasteiger partial charge in [0.05, 0.1) is 0 Å². The van der Waals surface area contributed by atoms with E-state index in [-0.39, 0.29) is 21.9 Å². The van der Waals surface area contributed by atoms with Crippen LogP contribution in [0, 0.1) is 0 Å². The highest BCUT2D eigenvalue weighted by atomic mass is 35.5. The lowest BCUT2D eigenvalue weighted by atomic mass is 10.0. The van der Waals surface area contributed by atoms with Crippen molar-refractivity contribution in [2.24, 2.45) is 0 Å². The minimum absolute atomic E-state index is 0.0599. The predicted molar refractivity (Wildman–Crippen MR) is 104 cm³/mol. The standard InChI is InChI=1S/C20H19ClN2O2S/c1-20(2)16(17(24)22-11-12-7-9-13(21)10-8-12)23-18(25)14-5-3-4-6-15(14)19(23)26-20/h3-10,16,19H,11H2,1-2H3,(H,22,24)/t16-,19-/m1/s1. The van der Waals surface area contributed by atoms with Gasteiger partial charge in [-0.3, -0.25) is 9.59 Å². The van der Waals surface area contributed by atoms with Gasteiger partial charge >= 0.3 is 0 Å². The van der Waals surface area contributed by atoms with Crippen LogP contribution < -0.4 is 5.32 Å². The van der Waals surface area contributed by atoms with Crippen molar-refractivity contribution in [3.63, 3.8) is 0 Å². The monoisotopic (exact) mass is 386 g/mol. The van der Waals surface area contributed by atoms with Gasteiger partial charge in [0.15, 0.2) is 0 Å². The fourth-order valence-corrected chi connectivity index (χ4v) is 5.41. The van der Waals surface area contributed by atoms with Gasteiger partial charge in [-0.05, 0) is 43.2 Å². The average Bonchev–Trinajstić information content (AvgIpc) is 3.04. The third-order valence-corrected chi connectivity index (χ3v) is 6.71. The fourth-order valence-electron chi connectivity index (χ4n) is 3.69.